The SMILES string of the molecule is CCC1(C)N=C(SCc2ccccc2)C(C)(CC)N1. The van der Waals surface area contributed by atoms with Gasteiger partial charge >= 0.3 is 0 Å². The number of thioether (sulfide) groups is 1. The fourth-order valence-electron chi connectivity index (χ4n) is 2.35. The van der Waals surface area contributed by atoms with Crippen LogP contribution in [0.25, 0.3) is 0 Å². The van der Waals surface area contributed by atoms with Crippen molar-refractivity contribution in [3.63, 3.8) is 0 Å². The molecule has 0 aromatic heterocycles. The van der Waals surface area contributed by atoms with Crippen LogP contribution >= 0.6 is 11.8 Å². The average Bonchev–Trinajstić information content (AvgIpc) is 2.70. The lowest BCUT2D eigenvalue weighted by Gasteiger charge is -2.29. The van der Waals surface area contributed by atoms with Gasteiger partial charge in [-0.15, -0.1) is 11.8 Å². The molecule has 0 radical (unpaired) electrons. The summed E-state index contributed by atoms with van der Waals surface area (Å²) in [7, 11) is 0. The van der Waals surface area contributed by atoms with Crippen LogP contribution in [0.2, 0.25) is 0 Å². The summed E-state index contributed by atoms with van der Waals surface area (Å²) in [6.45, 7) is 8.88. The summed E-state index contributed by atoms with van der Waals surface area (Å²) >= 11 is 1.87. The number of rotatable bonds is 4. The van der Waals surface area contributed by atoms with Crippen molar-refractivity contribution in [1.82, 2.24) is 5.32 Å². The summed E-state index contributed by atoms with van der Waals surface area (Å²) in [4.78, 5) is 4.95. The zero-order valence-corrected chi connectivity index (χ0v) is 13.2. The van der Waals surface area contributed by atoms with Gasteiger partial charge in [0, 0.05) is 5.75 Å². The lowest BCUT2D eigenvalue weighted by atomic mass is 10.00. The molecule has 1 aliphatic rings. The van der Waals surface area contributed by atoms with Gasteiger partial charge in [-0.1, -0.05) is 44.2 Å². The molecule has 2 nitrogen and oxygen atoms in total. The lowest BCUT2D eigenvalue weighted by Crippen LogP contribution is -2.50. The number of nitrogens with one attached hydrogen (secondary N) is 1. The smallest absolute Gasteiger partial charge is 0.109 e. The van der Waals surface area contributed by atoms with Crippen molar-refractivity contribution in [2.75, 3.05) is 0 Å². The van der Waals surface area contributed by atoms with Crippen LogP contribution < -0.4 is 5.32 Å². The predicted octanol–water partition coefficient (Wildman–Crippen LogP) is 4.22. The molecular formula is C16H24N2S. The quantitative estimate of drug-likeness (QED) is 0.890. The molecule has 19 heavy (non-hydrogen) atoms. The van der Waals surface area contributed by atoms with Gasteiger partial charge < -0.3 is 0 Å². The van der Waals surface area contributed by atoms with Gasteiger partial charge in [0.1, 0.15) is 5.66 Å². The van der Waals surface area contributed by atoms with E-state index in [1.54, 1.807) is 0 Å². The second-order valence-electron chi connectivity index (χ2n) is 5.63. The van der Waals surface area contributed by atoms with Crippen molar-refractivity contribution in [3.8, 4) is 0 Å². The second kappa shape index (κ2) is 5.68. The molecule has 0 saturated carbocycles. The van der Waals surface area contributed by atoms with Crippen molar-refractivity contribution >= 4 is 16.8 Å². The zero-order chi connectivity index (χ0) is 13.9. The van der Waals surface area contributed by atoms with Crippen LogP contribution in [0.5, 0.6) is 0 Å². The number of nitrogens with zero attached hydrogens (tertiary/aromatic N) is 1. The Bertz CT molecular complexity index is 457. The molecule has 1 aromatic rings. The Morgan fingerprint density at radius 3 is 2.37 bits per heavy atom. The first-order valence-corrected chi connectivity index (χ1v) is 8.06. The summed E-state index contributed by atoms with van der Waals surface area (Å²) in [5.41, 5.74) is 1.30. The predicted molar refractivity (Wildman–Crippen MR) is 85.7 cm³/mol. The molecule has 1 N–H and O–H groups in total. The third-order valence-electron chi connectivity index (χ3n) is 3.98. The van der Waals surface area contributed by atoms with Crippen LogP contribution in [0.4, 0.5) is 0 Å². The van der Waals surface area contributed by atoms with E-state index in [1.807, 2.05) is 11.8 Å². The zero-order valence-electron chi connectivity index (χ0n) is 12.4. The molecule has 0 saturated heterocycles. The number of benzene rings is 1. The van der Waals surface area contributed by atoms with Gasteiger partial charge in [0.15, 0.2) is 0 Å². The van der Waals surface area contributed by atoms with E-state index in [2.05, 4.69) is 63.3 Å². The van der Waals surface area contributed by atoms with E-state index < -0.39 is 0 Å². The number of aliphatic imine (C=N–C) groups is 1. The molecule has 0 fully saturated rings. The first-order valence-electron chi connectivity index (χ1n) is 7.08. The summed E-state index contributed by atoms with van der Waals surface area (Å²) in [6, 6.07) is 10.6. The molecule has 0 bridgehead atoms. The third-order valence-corrected chi connectivity index (χ3v) is 5.27. The van der Waals surface area contributed by atoms with Crippen LogP contribution in [-0.2, 0) is 5.75 Å². The largest absolute Gasteiger partial charge is 0.282 e. The third kappa shape index (κ3) is 3.21. The number of hydrogen-bond acceptors (Lipinski definition) is 3. The molecule has 2 rings (SSSR count). The van der Waals surface area contributed by atoms with Crippen molar-refractivity contribution in [2.24, 2.45) is 4.99 Å². The van der Waals surface area contributed by atoms with Gasteiger partial charge in [0.2, 0.25) is 0 Å². The van der Waals surface area contributed by atoms with Gasteiger partial charge in [-0.05, 0) is 32.3 Å². The topological polar surface area (TPSA) is 24.4 Å². The Labute approximate surface area is 121 Å². The van der Waals surface area contributed by atoms with E-state index in [1.165, 1.54) is 10.6 Å². The monoisotopic (exact) mass is 276 g/mol. The Hall–Kier alpha value is -0.800. The van der Waals surface area contributed by atoms with E-state index in [0.717, 1.165) is 18.6 Å². The van der Waals surface area contributed by atoms with E-state index in [0.29, 0.717) is 0 Å². The van der Waals surface area contributed by atoms with Crippen LogP contribution in [0, 0.1) is 0 Å². The first kappa shape index (κ1) is 14.6. The molecule has 2 unspecified atom stereocenters. The van der Waals surface area contributed by atoms with E-state index >= 15 is 0 Å². The highest BCUT2D eigenvalue weighted by Crippen LogP contribution is 2.34. The minimum atomic E-state index is -0.0935. The Morgan fingerprint density at radius 1 is 1.11 bits per heavy atom. The second-order valence-corrected chi connectivity index (χ2v) is 6.59. The molecule has 0 spiro atoms. The van der Waals surface area contributed by atoms with Gasteiger partial charge in [-0.3, -0.25) is 10.3 Å². The summed E-state index contributed by atoms with van der Waals surface area (Å²) in [6.07, 6.45) is 2.10. The molecule has 1 aliphatic heterocycles. The van der Waals surface area contributed by atoms with E-state index in [-0.39, 0.29) is 11.2 Å². The number of hydrogen-bond donors (Lipinski definition) is 1. The summed E-state index contributed by atoms with van der Waals surface area (Å²) in [5, 5.41) is 4.96. The van der Waals surface area contributed by atoms with E-state index in [4.69, 9.17) is 4.99 Å². The van der Waals surface area contributed by atoms with Crippen molar-refractivity contribution in [3.05, 3.63) is 35.9 Å². The van der Waals surface area contributed by atoms with Gasteiger partial charge in [-0.2, -0.15) is 0 Å². The van der Waals surface area contributed by atoms with Gasteiger partial charge in [-0.25, -0.2) is 0 Å². The molecule has 0 amide bonds. The molecule has 3 heteroatoms. The van der Waals surface area contributed by atoms with Crippen molar-refractivity contribution in [2.45, 2.75) is 57.5 Å². The Morgan fingerprint density at radius 2 is 1.79 bits per heavy atom. The Balaban J connectivity index is 2.11. The van der Waals surface area contributed by atoms with Crippen LogP contribution in [0.1, 0.15) is 46.1 Å². The standard InChI is InChI=1S/C16H24N2S/c1-5-15(3)14(17-16(4,6-2)18-15)19-12-13-10-8-7-9-11-13/h7-11,18H,5-6,12H2,1-4H3. The minimum absolute atomic E-state index is 0.0320. The van der Waals surface area contributed by atoms with Crippen molar-refractivity contribution in [1.29, 1.82) is 0 Å². The minimum Gasteiger partial charge on any atom is -0.282 e. The first-order chi connectivity index (χ1) is 9.01. The highest BCUT2D eigenvalue weighted by molar-refractivity contribution is 8.13. The maximum atomic E-state index is 4.95. The average molecular weight is 276 g/mol. The summed E-state index contributed by atoms with van der Waals surface area (Å²) in [5.74, 6) is 0.997. The fourth-order valence-corrected chi connectivity index (χ4v) is 3.62. The Kier molecular flexibility index (Phi) is 4.36. The molecule has 0 aliphatic carbocycles. The van der Waals surface area contributed by atoms with Crippen LogP contribution in [0.15, 0.2) is 35.3 Å². The maximum Gasteiger partial charge on any atom is 0.109 e. The highest BCUT2D eigenvalue weighted by atomic mass is 32.2. The van der Waals surface area contributed by atoms with Crippen LogP contribution in [0.3, 0.4) is 0 Å². The normalized spacial score (nSPS) is 30.4. The van der Waals surface area contributed by atoms with E-state index in [9.17, 15) is 0 Å². The van der Waals surface area contributed by atoms with Crippen LogP contribution in [-0.4, -0.2) is 16.2 Å². The highest BCUT2D eigenvalue weighted by Gasteiger charge is 2.42. The molecule has 1 heterocycles. The summed E-state index contributed by atoms with van der Waals surface area (Å²) < 4.78 is 0. The molecule has 1 aromatic carbocycles. The fraction of sp³-hybridized carbons (Fsp3) is 0.562. The van der Waals surface area contributed by atoms with Crippen molar-refractivity contribution < 1.29 is 0 Å². The van der Waals surface area contributed by atoms with Gasteiger partial charge in [0.05, 0.1) is 10.6 Å². The van der Waals surface area contributed by atoms with Gasteiger partial charge in [0.25, 0.3) is 0 Å². The molecule has 2 atom stereocenters. The molecular weight excluding hydrogens is 252 g/mol. The maximum absolute atomic E-state index is 4.95. The molecule has 104 valence electrons. The lowest BCUT2D eigenvalue weighted by molar-refractivity contribution is 0.316.